The van der Waals surface area contributed by atoms with Crippen LogP contribution in [0.4, 0.5) is 51.1 Å². The lowest BCUT2D eigenvalue weighted by molar-refractivity contribution is -0.143. The molecule has 4 rings (SSSR count). The average Bonchev–Trinajstić information content (AvgIpc) is 3.45. The number of hydrogen-bond donors (Lipinski definition) is 2. The highest BCUT2D eigenvalue weighted by molar-refractivity contribution is 5.67. The topological polar surface area (TPSA) is 96.2 Å². The number of carbonyl (C=O) groups is 1. The third-order valence-corrected chi connectivity index (χ3v) is 8.50. The summed E-state index contributed by atoms with van der Waals surface area (Å²) >= 11 is 0. The van der Waals surface area contributed by atoms with Crippen LogP contribution in [0.5, 0.6) is 0 Å². The summed E-state index contributed by atoms with van der Waals surface area (Å²) in [5.41, 5.74) is -3.04. The second kappa shape index (κ2) is 14.6. The summed E-state index contributed by atoms with van der Waals surface area (Å²) in [5.74, 6) is -0.611. The highest BCUT2D eigenvalue weighted by atomic mass is 19.4. The van der Waals surface area contributed by atoms with Gasteiger partial charge in [-0.1, -0.05) is 5.10 Å². The third-order valence-electron chi connectivity index (χ3n) is 8.50. The second-order valence-electron chi connectivity index (χ2n) is 12.0. The zero-order valence-electron chi connectivity index (χ0n) is 26.1. The van der Waals surface area contributed by atoms with Crippen molar-refractivity contribution in [2.75, 3.05) is 23.3 Å². The number of aryl methyl sites for hydroxylation is 3. The van der Waals surface area contributed by atoms with Crippen molar-refractivity contribution in [2.45, 2.75) is 84.0 Å². The van der Waals surface area contributed by atoms with Gasteiger partial charge in [-0.15, -0.1) is 5.10 Å². The van der Waals surface area contributed by atoms with Crippen LogP contribution >= 0.6 is 0 Å². The molecule has 1 aliphatic carbocycles. The molecule has 1 heterocycles. The van der Waals surface area contributed by atoms with E-state index in [9.17, 15) is 44.3 Å². The van der Waals surface area contributed by atoms with E-state index >= 15 is 0 Å². The highest BCUT2D eigenvalue weighted by Gasteiger charge is 2.37. The van der Waals surface area contributed by atoms with E-state index in [1.165, 1.54) is 13.0 Å². The van der Waals surface area contributed by atoms with Gasteiger partial charge in [-0.05, 0) is 110 Å². The van der Waals surface area contributed by atoms with E-state index in [1.54, 1.807) is 0 Å². The summed E-state index contributed by atoms with van der Waals surface area (Å²) < 4.78 is 121. The summed E-state index contributed by atoms with van der Waals surface area (Å²) in [5, 5.41) is 23.5. The van der Waals surface area contributed by atoms with E-state index in [0.29, 0.717) is 36.5 Å². The molecule has 0 amide bonds. The number of halogens is 9. The smallest absolute Gasteiger partial charge is 0.416 e. The van der Waals surface area contributed by atoms with Crippen molar-refractivity contribution in [1.29, 1.82) is 0 Å². The molecule has 264 valence electrons. The molecule has 2 aromatic carbocycles. The van der Waals surface area contributed by atoms with Crippen molar-refractivity contribution in [3.05, 3.63) is 63.7 Å². The Labute approximate surface area is 270 Å². The fourth-order valence-electron chi connectivity index (χ4n) is 6.03. The number of hydrogen-bond acceptors (Lipinski definition) is 6. The molecule has 3 aromatic rings. The third kappa shape index (κ3) is 9.75. The lowest BCUT2D eigenvalue weighted by Crippen LogP contribution is -2.33. The number of nitrogens with one attached hydrogen (secondary N) is 1. The Morgan fingerprint density at radius 3 is 2.06 bits per heavy atom. The average molecular weight is 695 g/mol. The SMILES string of the molecule is CCN(CC1CCC(CC(=O)O)CC1)c1cc(C)c(C(F)(F)F)cc1CNc1nnn(CCc2cc(C(F)(F)F)cc(C(F)(F)F)c2)n1. The van der Waals surface area contributed by atoms with Gasteiger partial charge in [0.2, 0.25) is 0 Å². The van der Waals surface area contributed by atoms with E-state index in [0.717, 1.165) is 36.5 Å². The van der Waals surface area contributed by atoms with Crippen LogP contribution in [-0.4, -0.2) is 44.4 Å². The summed E-state index contributed by atoms with van der Waals surface area (Å²) in [6.45, 7) is 3.95. The van der Waals surface area contributed by atoms with E-state index in [-0.39, 0.29) is 60.9 Å². The van der Waals surface area contributed by atoms with Gasteiger partial charge in [-0.2, -0.15) is 44.3 Å². The number of alkyl halides is 9. The van der Waals surface area contributed by atoms with Crippen molar-refractivity contribution in [1.82, 2.24) is 20.2 Å². The number of rotatable bonds is 12. The Morgan fingerprint density at radius 2 is 1.52 bits per heavy atom. The van der Waals surface area contributed by atoms with Gasteiger partial charge in [0, 0.05) is 31.7 Å². The number of tetrazole rings is 1. The number of benzene rings is 2. The first-order chi connectivity index (χ1) is 22.3. The molecule has 0 atom stereocenters. The molecule has 0 radical (unpaired) electrons. The van der Waals surface area contributed by atoms with Crippen molar-refractivity contribution < 1.29 is 49.4 Å². The fourth-order valence-corrected chi connectivity index (χ4v) is 6.03. The van der Waals surface area contributed by atoms with Gasteiger partial charge < -0.3 is 15.3 Å². The molecule has 17 heteroatoms. The molecule has 48 heavy (non-hydrogen) atoms. The van der Waals surface area contributed by atoms with E-state index < -0.39 is 41.2 Å². The zero-order chi connectivity index (χ0) is 35.4. The van der Waals surface area contributed by atoms with Crippen LogP contribution in [0.1, 0.15) is 72.4 Å². The maximum absolute atomic E-state index is 13.9. The monoisotopic (exact) mass is 694 g/mol. The Kier molecular flexibility index (Phi) is 11.2. The molecule has 0 saturated heterocycles. The van der Waals surface area contributed by atoms with Gasteiger partial charge in [0.15, 0.2) is 0 Å². The molecular weight excluding hydrogens is 659 g/mol. The summed E-state index contributed by atoms with van der Waals surface area (Å²) in [6.07, 6.45) is -11.7. The fraction of sp³-hybridized carbons (Fsp3) is 0.548. The quantitative estimate of drug-likeness (QED) is 0.186. The summed E-state index contributed by atoms with van der Waals surface area (Å²) in [6, 6.07) is 3.80. The Morgan fingerprint density at radius 1 is 0.917 bits per heavy atom. The van der Waals surface area contributed by atoms with E-state index in [4.69, 9.17) is 5.11 Å². The summed E-state index contributed by atoms with van der Waals surface area (Å²) in [4.78, 5) is 14.0. The first-order valence-corrected chi connectivity index (χ1v) is 15.3. The van der Waals surface area contributed by atoms with Gasteiger partial charge >= 0.3 is 24.5 Å². The Bertz CT molecular complexity index is 1530. The minimum atomic E-state index is -4.99. The molecule has 8 nitrogen and oxygen atoms in total. The number of anilines is 2. The van der Waals surface area contributed by atoms with Crippen LogP contribution in [0.3, 0.4) is 0 Å². The standard InChI is InChI=1S/C31H35F9N6O2/c1-3-45(17-20-6-4-19(5-7-20)13-27(47)48)26-10-18(2)25(31(38,39)40)14-22(26)16-41-28-42-44-46(43-28)9-8-21-11-23(29(32,33)34)15-24(12-21)30(35,36)37/h10-12,14-15,19-20H,3-9,13,16-17H2,1-2H3,(H,41,43)(H,47,48). The molecule has 1 saturated carbocycles. The van der Waals surface area contributed by atoms with Crippen molar-refractivity contribution in [2.24, 2.45) is 11.8 Å². The highest BCUT2D eigenvalue weighted by Crippen LogP contribution is 2.39. The molecule has 0 bridgehead atoms. The molecule has 2 N–H and O–H groups in total. The number of nitrogens with zero attached hydrogens (tertiary/aromatic N) is 5. The van der Waals surface area contributed by atoms with Gasteiger partial charge in [0.1, 0.15) is 0 Å². The molecule has 0 aliphatic heterocycles. The molecule has 0 spiro atoms. The molecule has 1 fully saturated rings. The first kappa shape index (κ1) is 36.8. The molecular formula is C31H35F9N6O2. The van der Waals surface area contributed by atoms with Crippen LogP contribution < -0.4 is 10.2 Å². The minimum Gasteiger partial charge on any atom is -0.481 e. The lowest BCUT2D eigenvalue weighted by Gasteiger charge is -2.34. The summed E-state index contributed by atoms with van der Waals surface area (Å²) in [7, 11) is 0. The Hall–Kier alpha value is -4.05. The second-order valence-corrected chi connectivity index (χ2v) is 12.0. The Balaban J connectivity index is 1.49. The zero-order valence-corrected chi connectivity index (χ0v) is 26.1. The van der Waals surface area contributed by atoms with Gasteiger partial charge in [-0.25, -0.2) is 0 Å². The van der Waals surface area contributed by atoms with Crippen LogP contribution in [0.25, 0.3) is 0 Å². The van der Waals surface area contributed by atoms with Crippen LogP contribution in [0.15, 0.2) is 30.3 Å². The van der Waals surface area contributed by atoms with Crippen LogP contribution in [0.2, 0.25) is 0 Å². The first-order valence-electron chi connectivity index (χ1n) is 15.3. The minimum absolute atomic E-state index is 0.0371. The normalized spacial score (nSPS) is 17.4. The predicted molar refractivity (Wildman–Crippen MR) is 157 cm³/mol. The van der Waals surface area contributed by atoms with Crippen molar-refractivity contribution in [3.63, 3.8) is 0 Å². The maximum Gasteiger partial charge on any atom is 0.416 e. The number of carboxylic acids is 1. The van der Waals surface area contributed by atoms with Crippen molar-refractivity contribution >= 4 is 17.6 Å². The largest absolute Gasteiger partial charge is 0.481 e. The van der Waals surface area contributed by atoms with E-state index in [1.807, 2.05) is 11.8 Å². The lowest BCUT2D eigenvalue weighted by atomic mass is 9.80. The van der Waals surface area contributed by atoms with Gasteiger partial charge in [-0.3, -0.25) is 4.79 Å². The van der Waals surface area contributed by atoms with Crippen LogP contribution in [0, 0.1) is 18.8 Å². The van der Waals surface area contributed by atoms with Gasteiger partial charge in [0.25, 0.3) is 5.95 Å². The maximum atomic E-state index is 13.9. The number of aliphatic carboxylic acids is 1. The van der Waals surface area contributed by atoms with Crippen molar-refractivity contribution in [3.8, 4) is 0 Å². The molecule has 1 aliphatic rings. The van der Waals surface area contributed by atoms with E-state index in [2.05, 4.69) is 20.7 Å². The predicted octanol–water partition coefficient (Wildman–Crippen LogP) is 8.00. The molecule has 1 aromatic heterocycles. The van der Waals surface area contributed by atoms with Gasteiger partial charge in [0.05, 0.1) is 23.2 Å². The van der Waals surface area contributed by atoms with Crippen LogP contribution in [-0.2, 0) is 42.8 Å². The molecule has 0 unspecified atom stereocenters. The number of aromatic nitrogens is 4. The number of carboxylic acid groups (broad SMARTS) is 1.